The zero-order valence-electron chi connectivity index (χ0n) is 19.3. The molecule has 0 saturated carbocycles. The van der Waals surface area contributed by atoms with E-state index in [1.54, 1.807) is 13.8 Å². The zero-order valence-corrected chi connectivity index (χ0v) is 21.0. The summed E-state index contributed by atoms with van der Waals surface area (Å²) in [4.78, 5) is 14.3. The molecule has 1 atom stereocenters. The second-order valence-electron chi connectivity index (χ2n) is 8.20. The first-order chi connectivity index (χ1) is 15.8. The molecule has 3 rings (SSSR count). The lowest BCUT2D eigenvalue weighted by atomic mass is 9.95. The number of anilines is 2. The maximum atomic E-state index is 12.0. The number of carbonyl (C=O) groups is 1. The van der Waals surface area contributed by atoms with Crippen LogP contribution in [0.5, 0.6) is 0 Å². The first-order valence-electron chi connectivity index (χ1n) is 11.1. The summed E-state index contributed by atoms with van der Waals surface area (Å²) in [5.41, 5.74) is 2.87. The summed E-state index contributed by atoms with van der Waals surface area (Å²) in [5, 5.41) is 16.2. The van der Waals surface area contributed by atoms with Crippen molar-refractivity contribution in [1.82, 2.24) is 10.2 Å². The molecule has 1 unspecified atom stereocenters. The third-order valence-electron chi connectivity index (χ3n) is 5.26. The lowest BCUT2D eigenvalue weighted by Gasteiger charge is -2.37. The largest absolute Gasteiger partial charge is 0.458 e. The maximum Gasteiger partial charge on any atom is 0.369 e. The molecule has 1 aromatic carbocycles. The number of thiol groups is 1. The van der Waals surface area contributed by atoms with E-state index in [4.69, 9.17) is 4.74 Å². The lowest BCUT2D eigenvalue weighted by Crippen LogP contribution is -2.38. The quantitative estimate of drug-likeness (QED) is 0.210. The Balaban J connectivity index is 1.89. The predicted molar refractivity (Wildman–Crippen MR) is 130 cm³/mol. The first-order valence-corrected chi connectivity index (χ1v) is 13.1. The predicted octanol–water partition coefficient (Wildman–Crippen LogP) is 4.79. The van der Waals surface area contributed by atoms with Crippen molar-refractivity contribution < 1.29 is 17.9 Å². The van der Waals surface area contributed by atoms with Gasteiger partial charge in [0.15, 0.2) is 0 Å². The van der Waals surface area contributed by atoms with E-state index < -0.39 is 16.9 Å². The maximum absolute atomic E-state index is 12.0. The number of hydrogen-bond acceptors (Lipinski definition) is 10. The van der Waals surface area contributed by atoms with Crippen LogP contribution in [0.15, 0.2) is 22.4 Å². The average Bonchev–Trinajstić information content (AvgIpc) is 3.22. The fourth-order valence-corrected chi connectivity index (χ4v) is 4.61. The van der Waals surface area contributed by atoms with Crippen molar-refractivity contribution in [2.45, 2.75) is 71.9 Å². The van der Waals surface area contributed by atoms with Crippen molar-refractivity contribution in [3.05, 3.63) is 22.7 Å². The van der Waals surface area contributed by atoms with E-state index in [9.17, 15) is 13.2 Å². The molecule has 0 bridgehead atoms. The fourth-order valence-electron chi connectivity index (χ4n) is 3.69. The number of fused-ring (bicyclic) bond motifs is 1. The third kappa shape index (κ3) is 6.70. The van der Waals surface area contributed by atoms with Gasteiger partial charge in [0.05, 0.1) is 11.8 Å². The van der Waals surface area contributed by atoms with Gasteiger partial charge in [-0.05, 0) is 57.7 Å². The standard InChI is InChI=1S/C21H30N6O4S2/c1-5-6-7-10-27-14(4)8-9-15-11-16(17(12-18(15)27)26-33(29)30)22-24-21-25-23-19(32-21)20(28)31-13(2)3/h11-14,33H,5-10H2,1-4H3,(H,26,29,30). The molecule has 1 aliphatic rings. The van der Waals surface area contributed by atoms with Crippen LogP contribution in [-0.2, 0) is 22.0 Å². The van der Waals surface area contributed by atoms with Gasteiger partial charge in [-0.15, -0.1) is 20.4 Å². The number of nitrogens with zero attached hydrogens (tertiary/aromatic N) is 5. The average molecular weight is 495 g/mol. The van der Waals surface area contributed by atoms with Gasteiger partial charge in [0.2, 0.25) is 15.9 Å². The number of azo groups is 1. The van der Waals surface area contributed by atoms with E-state index >= 15 is 0 Å². The summed E-state index contributed by atoms with van der Waals surface area (Å²) in [7, 11) is -2.88. The molecule has 1 aliphatic heterocycles. The zero-order chi connectivity index (χ0) is 24.0. The van der Waals surface area contributed by atoms with Gasteiger partial charge in [0.1, 0.15) is 5.69 Å². The van der Waals surface area contributed by atoms with Crippen molar-refractivity contribution in [3.63, 3.8) is 0 Å². The first kappa shape index (κ1) is 25.0. The van der Waals surface area contributed by atoms with Crippen molar-refractivity contribution in [2.24, 2.45) is 10.2 Å². The van der Waals surface area contributed by atoms with Crippen molar-refractivity contribution >= 4 is 50.4 Å². The van der Waals surface area contributed by atoms with Gasteiger partial charge >= 0.3 is 5.97 Å². The Morgan fingerprint density at radius 1 is 1.30 bits per heavy atom. The molecule has 0 amide bonds. The van der Waals surface area contributed by atoms with E-state index in [1.165, 1.54) is 0 Å². The smallest absolute Gasteiger partial charge is 0.369 e. The molecule has 1 N–H and O–H groups in total. The minimum Gasteiger partial charge on any atom is -0.458 e. The number of benzene rings is 1. The molecule has 0 aliphatic carbocycles. The van der Waals surface area contributed by atoms with Crippen molar-refractivity contribution in [3.8, 4) is 0 Å². The van der Waals surface area contributed by atoms with Gasteiger partial charge in [-0.25, -0.2) is 13.2 Å². The summed E-state index contributed by atoms with van der Waals surface area (Å²) in [6.07, 6.45) is 4.98. The van der Waals surface area contributed by atoms with E-state index in [0.29, 0.717) is 17.4 Å². The number of ether oxygens (including phenoxy) is 1. The lowest BCUT2D eigenvalue weighted by molar-refractivity contribution is 0.0376. The van der Waals surface area contributed by atoms with Crippen LogP contribution in [0.3, 0.4) is 0 Å². The van der Waals surface area contributed by atoms with Crippen molar-refractivity contribution in [2.75, 3.05) is 16.2 Å². The van der Waals surface area contributed by atoms with Crippen LogP contribution >= 0.6 is 11.3 Å². The van der Waals surface area contributed by atoms with Gasteiger partial charge in [-0.2, -0.15) is 0 Å². The molecule has 2 aromatic rings. The van der Waals surface area contributed by atoms with Crippen LogP contribution in [0.1, 0.15) is 68.7 Å². The summed E-state index contributed by atoms with van der Waals surface area (Å²) >= 11 is 0.957. The number of hydrogen-bond donors (Lipinski definition) is 2. The topological polar surface area (TPSA) is 126 Å². The van der Waals surface area contributed by atoms with Crippen LogP contribution in [0.2, 0.25) is 0 Å². The van der Waals surface area contributed by atoms with Crippen LogP contribution in [0.4, 0.5) is 22.2 Å². The molecule has 2 heterocycles. The molecular formula is C21H30N6O4S2. The van der Waals surface area contributed by atoms with Crippen LogP contribution in [0, 0.1) is 0 Å². The summed E-state index contributed by atoms with van der Waals surface area (Å²) in [6.45, 7) is 8.78. The number of carbonyl (C=O) groups excluding carboxylic acids is 1. The Labute approximate surface area is 199 Å². The molecular weight excluding hydrogens is 464 g/mol. The second kappa shape index (κ2) is 11.5. The van der Waals surface area contributed by atoms with E-state index in [2.05, 4.69) is 43.9 Å². The Bertz CT molecular complexity index is 1070. The minimum atomic E-state index is -2.88. The molecule has 1 aromatic heterocycles. The highest BCUT2D eigenvalue weighted by molar-refractivity contribution is 7.73. The van der Waals surface area contributed by atoms with Crippen molar-refractivity contribution in [1.29, 1.82) is 0 Å². The Morgan fingerprint density at radius 3 is 2.79 bits per heavy atom. The Hall–Kier alpha value is -2.60. The highest BCUT2D eigenvalue weighted by Crippen LogP contribution is 2.39. The SMILES string of the molecule is CCCCCN1c2cc(N[SH](=O)=O)c(N=Nc3nnc(C(=O)OC(C)C)s3)cc2CCC1C. The van der Waals surface area contributed by atoms with Gasteiger partial charge in [0.25, 0.3) is 5.13 Å². The fraction of sp³-hybridized carbons (Fsp3) is 0.571. The van der Waals surface area contributed by atoms with E-state index in [-0.39, 0.29) is 16.2 Å². The van der Waals surface area contributed by atoms with Gasteiger partial charge in [-0.1, -0.05) is 31.1 Å². The van der Waals surface area contributed by atoms with Crippen LogP contribution in [-0.4, -0.2) is 43.3 Å². The monoisotopic (exact) mass is 494 g/mol. The molecule has 0 saturated heterocycles. The number of aryl methyl sites for hydroxylation is 1. The normalized spacial score (nSPS) is 15.9. The molecule has 0 radical (unpaired) electrons. The minimum absolute atomic E-state index is 0.0841. The third-order valence-corrected chi connectivity index (χ3v) is 6.47. The second-order valence-corrected chi connectivity index (χ2v) is 9.89. The highest BCUT2D eigenvalue weighted by atomic mass is 32.2. The molecule has 180 valence electrons. The van der Waals surface area contributed by atoms with Gasteiger partial charge < -0.3 is 9.64 Å². The number of nitrogens with one attached hydrogen (secondary N) is 1. The molecule has 0 spiro atoms. The van der Waals surface area contributed by atoms with Crippen LogP contribution in [0.25, 0.3) is 0 Å². The van der Waals surface area contributed by atoms with Crippen LogP contribution < -0.4 is 9.62 Å². The number of unbranched alkanes of at least 4 members (excludes halogenated alkanes) is 2. The number of aromatic nitrogens is 2. The molecule has 33 heavy (non-hydrogen) atoms. The number of esters is 1. The summed E-state index contributed by atoms with van der Waals surface area (Å²) in [5.74, 6) is -0.569. The molecule has 0 fully saturated rings. The summed E-state index contributed by atoms with van der Waals surface area (Å²) < 4.78 is 30.5. The van der Waals surface area contributed by atoms with Gasteiger partial charge in [-0.3, -0.25) is 4.72 Å². The van der Waals surface area contributed by atoms with Gasteiger partial charge in [0, 0.05) is 18.3 Å². The van der Waals surface area contributed by atoms with E-state index in [0.717, 1.165) is 61.2 Å². The Kier molecular flexibility index (Phi) is 8.73. The molecule has 10 nitrogen and oxygen atoms in total. The van der Waals surface area contributed by atoms with E-state index in [1.807, 2.05) is 12.1 Å². The number of rotatable bonds is 10. The highest BCUT2D eigenvalue weighted by Gasteiger charge is 2.25. The Morgan fingerprint density at radius 2 is 2.09 bits per heavy atom. The molecule has 12 heteroatoms. The summed E-state index contributed by atoms with van der Waals surface area (Å²) in [6, 6.07) is 4.08.